The molecule has 3 aromatic rings. The number of amides is 2. The second-order valence-electron chi connectivity index (χ2n) is 8.46. The Kier molecular flexibility index (Phi) is 5.33. The van der Waals surface area contributed by atoms with Crippen LogP contribution in [-0.2, 0) is 13.1 Å². The Morgan fingerprint density at radius 3 is 2.47 bits per heavy atom. The Hall–Kier alpha value is -3.15. The zero-order valence-corrected chi connectivity index (χ0v) is 18.0. The van der Waals surface area contributed by atoms with Gasteiger partial charge in [0, 0.05) is 31.2 Å². The summed E-state index contributed by atoms with van der Waals surface area (Å²) in [6, 6.07) is 13.9. The van der Waals surface area contributed by atoms with Crippen LogP contribution in [0.4, 0.5) is 0 Å². The molecular formula is C24H28N4O2. The molecule has 30 heavy (non-hydrogen) atoms. The minimum absolute atomic E-state index is 0.0525. The third-order valence-electron chi connectivity index (χ3n) is 5.75. The molecule has 6 nitrogen and oxygen atoms in total. The highest BCUT2D eigenvalue weighted by molar-refractivity contribution is 6.00. The normalized spacial score (nSPS) is 13.9. The van der Waals surface area contributed by atoms with Crippen molar-refractivity contribution in [3.05, 3.63) is 65.0 Å². The van der Waals surface area contributed by atoms with Crippen molar-refractivity contribution >= 4 is 22.8 Å². The lowest BCUT2D eigenvalue weighted by Crippen LogP contribution is -2.44. The molecule has 2 amide bonds. The highest BCUT2D eigenvalue weighted by Crippen LogP contribution is 2.23. The van der Waals surface area contributed by atoms with E-state index in [1.54, 1.807) is 12.1 Å². The fourth-order valence-electron chi connectivity index (χ4n) is 3.90. The Labute approximate surface area is 176 Å². The Bertz CT molecular complexity index is 1100. The number of nitrogens with zero attached hydrogens (tertiary/aromatic N) is 3. The lowest BCUT2D eigenvalue weighted by molar-refractivity contribution is 0.0643. The van der Waals surface area contributed by atoms with E-state index < -0.39 is 0 Å². The van der Waals surface area contributed by atoms with Crippen molar-refractivity contribution in [2.45, 2.75) is 52.7 Å². The summed E-state index contributed by atoms with van der Waals surface area (Å²) in [5.41, 5.74) is 4.46. The zero-order valence-electron chi connectivity index (χ0n) is 18.0. The van der Waals surface area contributed by atoms with E-state index in [0.29, 0.717) is 42.5 Å². The van der Waals surface area contributed by atoms with E-state index in [1.165, 1.54) is 5.56 Å². The average molecular weight is 405 g/mol. The molecule has 4 rings (SSSR count). The number of aromatic nitrogens is 2. The summed E-state index contributed by atoms with van der Waals surface area (Å²) in [5, 5.41) is 2.97. The van der Waals surface area contributed by atoms with Crippen molar-refractivity contribution in [1.29, 1.82) is 0 Å². The first-order chi connectivity index (χ1) is 14.3. The van der Waals surface area contributed by atoms with Crippen molar-refractivity contribution in [3.8, 4) is 0 Å². The molecule has 156 valence electrons. The van der Waals surface area contributed by atoms with Crippen LogP contribution in [0, 0.1) is 0 Å². The molecule has 2 heterocycles. The zero-order chi connectivity index (χ0) is 21.4. The van der Waals surface area contributed by atoms with Gasteiger partial charge in [-0.1, -0.05) is 38.1 Å². The number of hydrogen-bond acceptors (Lipinski definition) is 3. The smallest absolute Gasteiger partial charge is 0.290 e. The molecule has 0 saturated heterocycles. The van der Waals surface area contributed by atoms with Crippen LogP contribution < -0.4 is 5.32 Å². The molecule has 6 heteroatoms. The maximum absolute atomic E-state index is 12.7. The summed E-state index contributed by atoms with van der Waals surface area (Å²) in [4.78, 5) is 31.8. The van der Waals surface area contributed by atoms with Gasteiger partial charge >= 0.3 is 0 Å². The third kappa shape index (κ3) is 3.70. The summed E-state index contributed by atoms with van der Waals surface area (Å²) in [7, 11) is 0. The molecule has 0 fully saturated rings. The second kappa shape index (κ2) is 7.94. The van der Waals surface area contributed by atoms with Gasteiger partial charge in [-0.2, -0.15) is 0 Å². The van der Waals surface area contributed by atoms with Gasteiger partial charge in [-0.3, -0.25) is 9.59 Å². The number of carbonyl (C=O) groups excluding carboxylic acids is 2. The van der Waals surface area contributed by atoms with Crippen LogP contribution in [0.5, 0.6) is 0 Å². The van der Waals surface area contributed by atoms with Crippen molar-refractivity contribution in [3.63, 3.8) is 0 Å². The van der Waals surface area contributed by atoms with Crippen LogP contribution >= 0.6 is 0 Å². The first kappa shape index (κ1) is 20.1. The maximum atomic E-state index is 12.7. The number of rotatable bonds is 5. The molecular weight excluding hydrogens is 376 g/mol. The summed E-state index contributed by atoms with van der Waals surface area (Å²) in [6.07, 6.45) is 0. The molecule has 1 aromatic heterocycles. The number of carbonyl (C=O) groups is 2. The van der Waals surface area contributed by atoms with Crippen molar-refractivity contribution < 1.29 is 9.59 Å². The van der Waals surface area contributed by atoms with Crippen LogP contribution in [0.3, 0.4) is 0 Å². The summed E-state index contributed by atoms with van der Waals surface area (Å²) >= 11 is 0. The van der Waals surface area contributed by atoms with Gasteiger partial charge in [0.1, 0.15) is 0 Å². The molecule has 0 saturated carbocycles. The predicted molar refractivity (Wildman–Crippen MR) is 118 cm³/mol. The highest BCUT2D eigenvalue weighted by Gasteiger charge is 2.29. The lowest BCUT2D eigenvalue weighted by atomic mass is 10.0. The fraction of sp³-hybridized carbons (Fsp3) is 0.375. The van der Waals surface area contributed by atoms with Gasteiger partial charge in [0.25, 0.3) is 11.8 Å². The molecule has 1 aliphatic rings. The van der Waals surface area contributed by atoms with E-state index in [1.807, 2.05) is 41.5 Å². The van der Waals surface area contributed by atoms with E-state index in [4.69, 9.17) is 0 Å². The molecule has 1 N–H and O–H groups in total. The highest BCUT2D eigenvalue weighted by atomic mass is 16.2. The second-order valence-corrected chi connectivity index (χ2v) is 8.46. The Balaban J connectivity index is 1.51. The van der Waals surface area contributed by atoms with Gasteiger partial charge in [-0.25, -0.2) is 4.98 Å². The number of fused-ring (bicyclic) bond motifs is 3. The third-order valence-corrected chi connectivity index (χ3v) is 5.75. The molecule has 0 unspecified atom stereocenters. The predicted octanol–water partition coefficient (Wildman–Crippen LogP) is 3.95. The fourth-order valence-corrected chi connectivity index (χ4v) is 3.90. The van der Waals surface area contributed by atoms with Crippen molar-refractivity contribution in [2.24, 2.45) is 0 Å². The number of benzene rings is 2. The van der Waals surface area contributed by atoms with Gasteiger partial charge < -0.3 is 14.8 Å². The quantitative estimate of drug-likeness (QED) is 0.700. The van der Waals surface area contributed by atoms with E-state index in [2.05, 4.69) is 36.3 Å². The summed E-state index contributed by atoms with van der Waals surface area (Å²) < 4.78 is 1.95. The maximum Gasteiger partial charge on any atom is 0.290 e. The first-order valence-corrected chi connectivity index (χ1v) is 10.5. The number of nitrogens with one attached hydrogen (secondary N) is 1. The monoisotopic (exact) mass is 404 g/mol. The van der Waals surface area contributed by atoms with Gasteiger partial charge in [-0.15, -0.1) is 0 Å². The lowest BCUT2D eigenvalue weighted by Gasteiger charge is -2.30. The average Bonchev–Trinajstić information content (AvgIpc) is 3.11. The molecule has 0 aliphatic carbocycles. The molecule has 0 atom stereocenters. The summed E-state index contributed by atoms with van der Waals surface area (Å²) in [6.45, 7) is 10.2. The molecule has 1 aliphatic heterocycles. The van der Waals surface area contributed by atoms with Gasteiger partial charge in [0.2, 0.25) is 0 Å². The van der Waals surface area contributed by atoms with E-state index >= 15 is 0 Å². The minimum atomic E-state index is -0.147. The van der Waals surface area contributed by atoms with Crippen LogP contribution in [0.1, 0.15) is 65.7 Å². The Morgan fingerprint density at radius 2 is 1.80 bits per heavy atom. The molecule has 0 radical (unpaired) electrons. The number of hydrogen-bond donors (Lipinski definition) is 1. The van der Waals surface area contributed by atoms with E-state index in [9.17, 15) is 9.59 Å². The van der Waals surface area contributed by atoms with Crippen molar-refractivity contribution in [1.82, 2.24) is 19.8 Å². The van der Waals surface area contributed by atoms with Crippen LogP contribution in [0.25, 0.3) is 11.0 Å². The van der Waals surface area contributed by atoms with Gasteiger partial charge in [0.15, 0.2) is 5.82 Å². The molecule has 2 aromatic carbocycles. The van der Waals surface area contributed by atoms with Gasteiger partial charge in [0.05, 0.1) is 11.0 Å². The largest absolute Gasteiger partial charge is 0.348 e. The SMILES string of the molecule is CC(C)c1ccc(CNC(=O)c2ccc3c(c2)nc2n3CCN(C(C)C)C2=O)cc1. The molecule has 0 bridgehead atoms. The first-order valence-electron chi connectivity index (χ1n) is 10.5. The van der Waals surface area contributed by atoms with Crippen LogP contribution in [-0.4, -0.2) is 38.9 Å². The van der Waals surface area contributed by atoms with Crippen LogP contribution in [0.15, 0.2) is 42.5 Å². The van der Waals surface area contributed by atoms with E-state index in [0.717, 1.165) is 11.1 Å². The minimum Gasteiger partial charge on any atom is -0.348 e. The number of imidazole rings is 1. The molecule has 0 spiro atoms. The Morgan fingerprint density at radius 1 is 1.07 bits per heavy atom. The van der Waals surface area contributed by atoms with Crippen LogP contribution in [0.2, 0.25) is 0 Å². The topological polar surface area (TPSA) is 67.2 Å². The van der Waals surface area contributed by atoms with Gasteiger partial charge in [-0.05, 0) is 49.1 Å². The standard InChI is InChI=1S/C24H28N4O2/c1-15(2)18-7-5-17(6-8-18)14-25-23(29)19-9-10-21-20(13-19)26-22-24(30)27(16(3)4)11-12-28(21)22/h5-10,13,15-16H,11-12,14H2,1-4H3,(H,25,29). The van der Waals surface area contributed by atoms with Crippen molar-refractivity contribution in [2.75, 3.05) is 6.54 Å². The summed E-state index contributed by atoms with van der Waals surface area (Å²) in [5.74, 6) is 0.739. The van der Waals surface area contributed by atoms with E-state index in [-0.39, 0.29) is 17.9 Å².